The van der Waals surface area contributed by atoms with Crippen molar-refractivity contribution in [1.29, 1.82) is 0 Å². The topological polar surface area (TPSA) is 38.7 Å². The van der Waals surface area contributed by atoms with Gasteiger partial charge in [-0.2, -0.15) is 0 Å². The van der Waals surface area contributed by atoms with E-state index in [2.05, 4.69) is 13.8 Å². The molecule has 3 nitrogen and oxygen atoms in total. The molecule has 0 bridgehead atoms. The average molecular weight is 306 g/mol. The van der Waals surface area contributed by atoms with Gasteiger partial charge < -0.3 is 14.6 Å². The second kappa shape index (κ2) is 6.56. The third-order valence-corrected chi connectivity index (χ3v) is 7.36. The second-order valence-corrected chi connectivity index (χ2v) is 8.84. The number of hydrogen-bond acceptors (Lipinski definition) is 5. The van der Waals surface area contributed by atoms with Crippen molar-refractivity contribution in [3.63, 3.8) is 0 Å². The van der Waals surface area contributed by atoms with Gasteiger partial charge in [-0.1, -0.05) is 13.8 Å². The Balaban J connectivity index is 1.89. The summed E-state index contributed by atoms with van der Waals surface area (Å²) in [4.78, 5) is 0. The smallest absolute Gasteiger partial charge is 0.163 e. The van der Waals surface area contributed by atoms with Crippen LogP contribution < -0.4 is 0 Å². The number of ether oxygens (including phenoxy) is 2. The summed E-state index contributed by atoms with van der Waals surface area (Å²) in [6, 6.07) is 0. The van der Waals surface area contributed by atoms with Crippen LogP contribution in [0.1, 0.15) is 34.1 Å². The van der Waals surface area contributed by atoms with E-state index in [9.17, 15) is 5.11 Å². The molecule has 0 radical (unpaired) electrons. The Morgan fingerprint density at radius 3 is 2.32 bits per heavy atom. The molecule has 2 aliphatic heterocycles. The van der Waals surface area contributed by atoms with Crippen LogP contribution in [0.25, 0.3) is 0 Å². The van der Waals surface area contributed by atoms with Crippen molar-refractivity contribution in [2.75, 3.05) is 18.1 Å². The van der Waals surface area contributed by atoms with E-state index >= 15 is 0 Å². The first kappa shape index (κ1) is 16.0. The van der Waals surface area contributed by atoms with Crippen LogP contribution in [-0.2, 0) is 9.47 Å². The molecule has 0 saturated carbocycles. The van der Waals surface area contributed by atoms with Crippen LogP contribution in [-0.4, -0.2) is 45.8 Å². The van der Waals surface area contributed by atoms with Crippen LogP contribution in [0.2, 0.25) is 0 Å². The monoisotopic (exact) mass is 306 g/mol. The molecular formula is C14H26O3S2. The molecule has 0 aromatic heterocycles. The van der Waals surface area contributed by atoms with Gasteiger partial charge in [-0.3, -0.25) is 0 Å². The molecule has 0 aromatic carbocycles. The minimum Gasteiger partial charge on any atom is -0.392 e. The van der Waals surface area contributed by atoms with Crippen LogP contribution in [0.15, 0.2) is 0 Å². The molecule has 0 aromatic rings. The molecule has 2 rings (SSSR count). The molecule has 1 N–H and O–H groups in total. The lowest BCUT2D eigenvalue weighted by Crippen LogP contribution is -2.39. The summed E-state index contributed by atoms with van der Waals surface area (Å²) < 4.78 is 12.0. The van der Waals surface area contributed by atoms with Crippen molar-refractivity contribution in [1.82, 2.24) is 0 Å². The second-order valence-electron chi connectivity index (χ2n) is 6.04. The summed E-state index contributed by atoms with van der Waals surface area (Å²) in [7, 11) is 0. The fraction of sp³-hybridized carbons (Fsp3) is 1.00. The summed E-state index contributed by atoms with van der Waals surface area (Å²) in [6.07, 6.45) is 0.967. The van der Waals surface area contributed by atoms with Gasteiger partial charge in [-0.25, -0.2) is 0 Å². The maximum absolute atomic E-state index is 10.6. The Labute approximate surface area is 125 Å². The highest BCUT2D eigenvalue weighted by atomic mass is 32.2. The highest BCUT2D eigenvalue weighted by Crippen LogP contribution is 2.39. The first-order valence-corrected chi connectivity index (χ1v) is 9.23. The van der Waals surface area contributed by atoms with Crippen LogP contribution in [0.3, 0.4) is 0 Å². The Morgan fingerprint density at radius 1 is 1.16 bits per heavy atom. The standard InChI is InChI=1S/C14H26O3S2/c1-9(11-8-16-14(3,4)17-11)12(15)10(2)13-18-6-5-7-19-13/h9-13,15H,5-8H2,1-4H3/t9-,10+,11+,12-/m0/s1. The summed E-state index contributed by atoms with van der Waals surface area (Å²) in [5, 5.41) is 10.6. The number of aliphatic hydroxyl groups is 1. The first-order chi connectivity index (χ1) is 8.91. The van der Waals surface area contributed by atoms with Crippen LogP contribution in [0, 0.1) is 11.8 Å². The molecule has 0 amide bonds. The molecule has 0 aliphatic carbocycles. The van der Waals surface area contributed by atoms with Crippen molar-refractivity contribution >= 4 is 23.5 Å². The van der Waals surface area contributed by atoms with E-state index < -0.39 is 5.79 Å². The van der Waals surface area contributed by atoms with Crippen LogP contribution in [0.5, 0.6) is 0 Å². The van der Waals surface area contributed by atoms with E-state index in [0.29, 0.717) is 11.2 Å². The van der Waals surface area contributed by atoms with Crippen molar-refractivity contribution in [2.45, 2.75) is 56.7 Å². The Bertz CT molecular complexity index is 292. The number of thioether (sulfide) groups is 2. The van der Waals surface area contributed by atoms with Gasteiger partial charge in [0.1, 0.15) is 0 Å². The van der Waals surface area contributed by atoms with Crippen LogP contribution >= 0.6 is 23.5 Å². The van der Waals surface area contributed by atoms with E-state index in [1.807, 2.05) is 37.4 Å². The lowest BCUT2D eigenvalue weighted by molar-refractivity contribution is -0.150. The van der Waals surface area contributed by atoms with E-state index in [1.165, 1.54) is 17.9 Å². The van der Waals surface area contributed by atoms with Gasteiger partial charge >= 0.3 is 0 Å². The molecule has 2 saturated heterocycles. The zero-order valence-electron chi connectivity index (χ0n) is 12.3. The quantitative estimate of drug-likeness (QED) is 0.864. The third kappa shape index (κ3) is 4.03. The molecule has 0 spiro atoms. The van der Waals surface area contributed by atoms with Crippen molar-refractivity contribution < 1.29 is 14.6 Å². The van der Waals surface area contributed by atoms with Crippen molar-refractivity contribution in [2.24, 2.45) is 11.8 Å². The fourth-order valence-electron chi connectivity index (χ4n) is 2.64. The zero-order valence-corrected chi connectivity index (χ0v) is 13.9. The Hall–Kier alpha value is 0.580. The SMILES string of the molecule is C[C@H]([C@H](O)[C@@H](C)C1SCCCS1)[C@H]1COC(C)(C)O1. The fourth-order valence-corrected chi connectivity index (χ4v) is 5.80. The molecule has 0 unspecified atom stereocenters. The van der Waals surface area contributed by atoms with Crippen LogP contribution in [0.4, 0.5) is 0 Å². The van der Waals surface area contributed by atoms with E-state index in [0.717, 1.165) is 0 Å². The van der Waals surface area contributed by atoms with Crippen molar-refractivity contribution in [3.05, 3.63) is 0 Å². The zero-order chi connectivity index (χ0) is 14.0. The Kier molecular flexibility index (Phi) is 5.51. The lowest BCUT2D eigenvalue weighted by Gasteiger charge is -2.34. The van der Waals surface area contributed by atoms with Crippen molar-refractivity contribution in [3.8, 4) is 0 Å². The highest BCUT2D eigenvalue weighted by molar-refractivity contribution is 8.17. The normalized spacial score (nSPS) is 33.0. The Morgan fingerprint density at radius 2 is 1.79 bits per heavy atom. The van der Waals surface area contributed by atoms with Gasteiger partial charge in [0, 0.05) is 11.8 Å². The maximum atomic E-state index is 10.6. The molecule has 4 atom stereocenters. The molecule has 2 aliphatic rings. The molecule has 19 heavy (non-hydrogen) atoms. The highest BCUT2D eigenvalue weighted by Gasteiger charge is 2.40. The largest absolute Gasteiger partial charge is 0.392 e. The van der Waals surface area contributed by atoms with E-state index in [-0.39, 0.29) is 24.0 Å². The summed E-state index contributed by atoms with van der Waals surface area (Å²) in [6.45, 7) is 8.69. The number of rotatable bonds is 4. The maximum Gasteiger partial charge on any atom is 0.163 e. The third-order valence-electron chi connectivity index (χ3n) is 3.98. The molecule has 2 heterocycles. The minimum atomic E-state index is -0.504. The number of hydrogen-bond donors (Lipinski definition) is 1. The van der Waals surface area contributed by atoms with Gasteiger partial charge in [-0.05, 0) is 31.8 Å². The summed E-state index contributed by atoms with van der Waals surface area (Å²) in [5.41, 5.74) is 0. The summed E-state index contributed by atoms with van der Waals surface area (Å²) >= 11 is 3.98. The first-order valence-electron chi connectivity index (χ1n) is 7.14. The average Bonchev–Trinajstić information content (AvgIpc) is 2.77. The molecule has 5 heteroatoms. The number of aliphatic hydroxyl groups excluding tert-OH is 1. The predicted molar refractivity (Wildman–Crippen MR) is 82.6 cm³/mol. The van der Waals surface area contributed by atoms with Gasteiger partial charge in [0.05, 0.1) is 23.4 Å². The van der Waals surface area contributed by atoms with Gasteiger partial charge in [-0.15, -0.1) is 23.5 Å². The molecule has 112 valence electrons. The summed E-state index contributed by atoms with van der Waals surface area (Å²) in [5.74, 6) is 2.34. The molecule has 2 fully saturated rings. The van der Waals surface area contributed by atoms with E-state index in [1.54, 1.807) is 0 Å². The van der Waals surface area contributed by atoms with E-state index in [4.69, 9.17) is 9.47 Å². The minimum absolute atomic E-state index is 0.00559. The molecular weight excluding hydrogens is 280 g/mol. The lowest BCUT2D eigenvalue weighted by atomic mass is 9.90. The van der Waals surface area contributed by atoms with Gasteiger partial charge in [0.2, 0.25) is 0 Å². The van der Waals surface area contributed by atoms with Gasteiger partial charge in [0.25, 0.3) is 0 Å². The predicted octanol–water partition coefficient (Wildman–Crippen LogP) is 2.97. The van der Waals surface area contributed by atoms with Gasteiger partial charge in [0.15, 0.2) is 5.79 Å².